The minimum absolute atomic E-state index is 0.454. The monoisotopic (exact) mass is 243 g/mol. The van der Waals surface area contributed by atoms with E-state index in [0.717, 1.165) is 12.0 Å². The lowest BCUT2D eigenvalue weighted by Crippen LogP contribution is -2.30. The Morgan fingerprint density at radius 2 is 2.00 bits per heavy atom. The van der Waals surface area contributed by atoms with Crippen molar-refractivity contribution in [1.29, 1.82) is 0 Å². The molecule has 1 N–H and O–H groups in total. The summed E-state index contributed by atoms with van der Waals surface area (Å²) in [5, 5.41) is 3.76. The van der Waals surface area contributed by atoms with Crippen LogP contribution in [0.4, 0.5) is 0 Å². The first-order valence-electron chi connectivity index (χ1n) is 7.47. The topological polar surface area (TPSA) is 12.0 Å². The Balaban J connectivity index is 1.81. The van der Waals surface area contributed by atoms with Crippen molar-refractivity contribution in [3.05, 3.63) is 34.9 Å². The van der Waals surface area contributed by atoms with Crippen molar-refractivity contribution in [3.8, 4) is 0 Å². The maximum Gasteiger partial charge on any atom is 0.0109 e. The van der Waals surface area contributed by atoms with Gasteiger partial charge in [-0.3, -0.25) is 0 Å². The van der Waals surface area contributed by atoms with Crippen LogP contribution in [-0.4, -0.2) is 12.6 Å². The molecular weight excluding hydrogens is 218 g/mol. The van der Waals surface area contributed by atoms with Gasteiger partial charge in [-0.05, 0) is 55.7 Å². The highest BCUT2D eigenvalue weighted by Crippen LogP contribution is 2.56. The van der Waals surface area contributed by atoms with Gasteiger partial charge in [0.2, 0.25) is 0 Å². The second kappa shape index (κ2) is 4.38. The summed E-state index contributed by atoms with van der Waals surface area (Å²) < 4.78 is 0. The summed E-state index contributed by atoms with van der Waals surface area (Å²) in [4.78, 5) is 0. The normalized spacial score (nSPS) is 30.5. The number of hydrogen-bond acceptors (Lipinski definition) is 1. The fraction of sp³-hybridized carbons (Fsp3) is 0.647. The van der Waals surface area contributed by atoms with Crippen molar-refractivity contribution in [3.63, 3.8) is 0 Å². The Morgan fingerprint density at radius 3 is 2.56 bits per heavy atom. The molecule has 2 fully saturated rings. The molecule has 2 atom stereocenters. The van der Waals surface area contributed by atoms with Gasteiger partial charge >= 0.3 is 0 Å². The van der Waals surface area contributed by atoms with Crippen LogP contribution in [0.2, 0.25) is 0 Å². The minimum atomic E-state index is 0.454. The van der Waals surface area contributed by atoms with E-state index in [1.54, 1.807) is 5.56 Å². The van der Waals surface area contributed by atoms with Crippen LogP contribution in [0.3, 0.4) is 0 Å². The molecule has 0 amide bonds. The van der Waals surface area contributed by atoms with Gasteiger partial charge in [-0.1, -0.05) is 31.5 Å². The molecule has 0 spiro atoms. The molecule has 2 aliphatic rings. The van der Waals surface area contributed by atoms with Gasteiger partial charge in [0.15, 0.2) is 0 Å². The Kier molecular flexibility index (Phi) is 2.97. The highest BCUT2D eigenvalue weighted by molar-refractivity contribution is 5.40. The highest BCUT2D eigenvalue weighted by atomic mass is 15.0. The van der Waals surface area contributed by atoms with Gasteiger partial charge in [0.1, 0.15) is 0 Å². The molecule has 3 rings (SSSR count). The summed E-state index contributed by atoms with van der Waals surface area (Å²) >= 11 is 0. The van der Waals surface area contributed by atoms with Gasteiger partial charge in [0.05, 0.1) is 0 Å². The number of rotatable bonds is 5. The maximum absolute atomic E-state index is 3.76. The molecule has 1 aromatic carbocycles. The van der Waals surface area contributed by atoms with Gasteiger partial charge in [-0.25, -0.2) is 0 Å². The smallest absolute Gasteiger partial charge is 0.0109 e. The molecular formula is C17H25N. The molecule has 1 nitrogen and oxygen atoms in total. The zero-order valence-electron chi connectivity index (χ0n) is 11.9. The van der Waals surface area contributed by atoms with Gasteiger partial charge in [-0.2, -0.15) is 0 Å². The Bertz CT molecular complexity index is 447. The lowest BCUT2D eigenvalue weighted by atomic mass is 9.90. The fourth-order valence-electron chi connectivity index (χ4n) is 3.25. The molecule has 2 unspecified atom stereocenters. The van der Waals surface area contributed by atoms with Gasteiger partial charge < -0.3 is 5.32 Å². The van der Waals surface area contributed by atoms with Crippen LogP contribution in [0.15, 0.2) is 18.2 Å². The van der Waals surface area contributed by atoms with Crippen molar-refractivity contribution >= 4 is 0 Å². The molecule has 0 aromatic heterocycles. The van der Waals surface area contributed by atoms with Crippen LogP contribution < -0.4 is 5.32 Å². The third kappa shape index (κ3) is 2.09. The summed E-state index contributed by atoms with van der Waals surface area (Å²) in [7, 11) is 0. The largest absolute Gasteiger partial charge is 0.313 e. The SMILES string of the molecule is CCC1CC1(CNC1CC1)c1ccc(C)c(C)c1. The van der Waals surface area contributed by atoms with Crippen LogP contribution in [0.5, 0.6) is 0 Å². The van der Waals surface area contributed by atoms with Gasteiger partial charge in [0, 0.05) is 18.0 Å². The first-order chi connectivity index (χ1) is 8.65. The van der Waals surface area contributed by atoms with E-state index in [9.17, 15) is 0 Å². The lowest BCUT2D eigenvalue weighted by Gasteiger charge is -2.20. The third-order valence-electron chi connectivity index (χ3n) is 5.09. The molecule has 2 aliphatic carbocycles. The molecule has 2 saturated carbocycles. The average molecular weight is 243 g/mol. The van der Waals surface area contributed by atoms with E-state index in [4.69, 9.17) is 0 Å². The van der Waals surface area contributed by atoms with Crippen LogP contribution >= 0.6 is 0 Å². The van der Waals surface area contributed by atoms with Crippen molar-refractivity contribution in [2.75, 3.05) is 6.54 Å². The first kappa shape index (κ1) is 12.2. The molecule has 0 heterocycles. The fourth-order valence-corrected chi connectivity index (χ4v) is 3.25. The Morgan fingerprint density at radius 1 is 1.22 bits per heavy atom. The maximum atomic E-state index is 3.76. The van der Waals surface area contributed by atoms with E-state index in [0.29, 0.717) is 5.41 Å². The van der Waals surface area contributed by atoms with E-state index in [1.807, 2.05) is 0 Å². The predicted molar refractivity (Wildman–Crippen MR) is 77.0 cm³/mol. The van der Waals surface area contributed by atoms with Crippen LogP contribution in [0.1, 0.15) is 49.3 Å². The Hall–Kier alpha value is -0.820. The summed E-state index contributed by atoms with van der Waals surface area (Å²) in [6, 6.07) is 7.92. The van der Waals surface area contributed by atoms with E-state index in [1.165, 1.54) is 43.4 Å². The standard InChI is InChI=1S/C17H25N/c1-4-14-10-17(14,11-18-16-7-8-16)15-6-5-12(2)13(3)9-15/h5-6,9,14,16,18H,4,7-8,10-11H2,1-3H3. The molecule has 18 heavy (non-hydrogen) atoms. The summed E-state index contributed by atoms with van der Waals surface area (Å²) in [5.41, 5.74) is 4.89. The molecule has 98 valence electrons. The first-order valence-corrected chi connectivity index (χ1v) is 7.47. The van der Waals surface area contributed by atoms with Crippen LogP contribution in [0, 0.1) is 19.8 Å². The average Bonchev–Trinajstić information content (AvgIpc) is 3.25. The van der Waals surface area contributed by atoms with Gasteiger partial charge in [0.25, 0.3) is 0 Å². The lowest BCUT2D eigenvalue weighted by molar-refractivity contribution is 0.521. The number of aryl methyl sites for hydroxylation is 2. The second-order valence-electron chi connectivity index (χ2n) is 6.42. The molecule has 1 heteroatoms. The van der Waals surface area contributed by atoms with Crippen LogP contribution in [0.25, 0.3) is 0 Å². The van der Waals surface area contributed by atoms with Crippen molar-refractivity contribution in [2.24, 2.45) is 5.92 Å². The molecule has 0 bridgehead atoms. The predicted octanol–water partition coefficient (Wildman–Crippen LogP) is 3.72. The third-order valence-corrected chi connectivity index (χ3v) is 5.09. The van der Waals surface area contributed by atoms with Crippen molar-refractivity contribution < 1.29 is 0 Å². The zero-order valence-corrected chi connectivity index (χ0v) is 11.9. The van der Waals surface area contributed by atoms with Gasteiger partial charge in [-0.15, -0.1) is 0 Å². The number of benzene rings is 1. The molecule has 0 radical (unpaired) electrons. The van der Waals surface area contributed by atoms with E-state index in [-0.39, 0.29) is 0 Å². The quantitative estimate of drug-likeness (QED) is 0.831. The Labute approximate surface area is 111 Å². The molecule has 0 aliphatic heterocycles. The van der Waals surface area contributed by atoms with Crippen molar-refractivity contribution in [1.82, 2.24) is 5.32 Å². The number of nitrogens with one attached hydrogen (secondary N) is 1. The molecule has 1 aromatic rings. The number of hydrogen-bond donors (Lipinski definition) is 1. The summed E-state index contributed by atoms with van der Waals surface area (Å²) in [6.45, 7) is 7.98. The second-order valence-corrected chi connectivity index (χ2v) is 6.42. The zero-order chi connectivity index (χ0) is 12.8. The van der Waals surface area contributed by atoms with Crippen LogP contribution in [-0.2, 0) is 5.41 Å². The summed E-state index contributed by atoms with van der Waals surface area (Å²) in [5.74, 6) is 0.894. The van der Waals surface area contributed by atoms with E-state index in [2.05, 4.69) is 44.3 Å². The van der Waals surface area contributed by atoms with Crippen molar-refractivity contribution in [2.45, 2.75) is 57.9 Å². The minimum Gasteiger partial charge on any atom is -0.313 e. The van der Waals surface area contributed by atoms with E-state index >= 15 is 0 Å². The van der Waals surface area contributed by atoms with E-state index < -0.39 is 0 Å². The summed E-state index contributed by atoms with van der Waals surface area (Å²) in [6.07, 6.45) is 5.48. The molecule has 0 saturated heterocycles. The highest BCUT2D eigenvalue weighted by Gasteiger charge is 2.53.